The van der Waals surface area contributed by atoms with Gasteiger partial charge in [-0.05, 0) is 30.2 Å². The average Bonchev–Trinajstić information content (AvgIpc) is 2.39. The minimum atomic E-state index is 0.646. The van der Waals surface area contributed by atoms with Crippen molar-refractivity contribution >= 4 is 0 Å². The molecule has 0 bridgehead atoms. The van der Waals surface area contributed by atoms with E-state index >= 15 is 0 Å². The van der Waals surface area contributed by atoms with Crippen molar-refractivity contribution in [3.63, 3.8) is 0 Å². The quantitative estimate of drug-likeness (QED) is 0.742. The van der Waals surface area contributed by atoms with Crippen LogP contribution in [0.2, 0.25) is 0 Å². The summed E-state index contributed by atoms with van der Waals surface area (Å²) in [7, 11) is 1.66. The summed E-state index contributed by atoms with van der Waals surface area (Å²) < 4.78 is 10.8. The van der Waals surface area contributed by atoms with Gasteiger partial charge in [-0.2, -0.15) is 0 Å². The van der Waals surface area contributed by atoms with Crippen molar-refractivity contribution in [1.82, 2.24) is 4.90 Å². The summed E-state index contributed by atoms with van der Waals surface area (Å²) in [5.74, 6) is 2.36. The molecule has 0 radical (unpaired) electrons. The number of hydrogen-bond acceptors (Lipinski definition) is 4. The van der Waals surface area contributed by atoms with Gasteiger partial charge in [0.05, 0.1) is 7.11 Å². The number of rotatable bonds is 9. The van der Waals surface area contributed by atoms with Crippen LogP contribution in [0, 0.1) is 5.92 Å². The molecule has 0 spiro atoms. The van der Waals surface area contributed by atoms with Crippen molar-refractivity contribution < 1.29 is 9.47 Å². The zero-order chi connectivity index (χ0) is 14.1. The van der Waals surface area contributed by atoms with Gasteiger partial charge in [-0.3, -0.25) is 4.90 Å². The van der Waals surface area contributed by atoms with E-state index in [1.807, 2.05) is 24.3 Å². The second-order valence-corrected chi connectivity index (χ2v) is 5.01. The minimum absolute atomic E-state index is 0.646. The van der Waals surface area contributed by atoms with Crippen molar-refractivity contribution in [2.45, 2.75) is 13.8 Å². The molecular formula is C15H26N2O2. The first kappa shape index (κ1) is 15.8. The Labute approximate surface area is 116 Å². The monoisotopic (exact) mass is 266 g/mol. The Balaban J connectivity index is 2.33. The molecule has 0 aromatic heterocycles. The lowest BCUT2D eigenvalue weighted by molar-refractivity contribution is 0.196. The zero-order valence-corrected chi connectivity index (χ0v) is 12.3. The average molecular weight is 266 g/mol. The summed E-state index contributed by atoms with van der Waals surface area (Å²) in [5, 5.41) is 0. The Morgan fingerprint density at radius 3 is 2.26 bits per heavy atom. The molecule has 0 atom stereocenters. The highest BCUT2D eigenvalue weighted by Gasteiger charge is 2.06. The molecule has 4 nitrogen and oxygen atoms in total. The third-order valence-corrected chi connectivity index (χ3v) is 2.80. The van der Waals surface area contributed by atoms with Crippen LogP contribution in [0.15, 0.2) is 24.3 Å². The molecule has 0 saturated carbocycles. The number of nitrogens with two attached hydrogens (primary N) is 1. The molecule has 0 heterocycles. The molecule has 0 saturated heterocycles. The second-order valence-electron chi connectivity index (χ2n) is 5.01. The van der Waals surface area contributed by atoms with E-state index < -0.39 is 0 Å². The Bertz CT molecular complexity index is 339. The Hall–Kier alpha value is -1.26. The SMILES string of the molecule is COc1ccc(OCCN(CCN)CC(C)C)cc1. The number of benzene rings is 1. The van der Waals surface area contributed by atoms with E-state index in [-0.39, 0.29) is 0 Å². The van der Waals surface area contributed by atoms with Gasteiger partial charge in [0.25, 0.3) is 0 Å². The van der Waals surface area contributed by atoms with E-state index in [9.17, 15) is 0 Å². The van der Waals surface area contributed by atoms with Crippen molar-refractivity contribution in [2.75, 3.05) is 39.9 Å². The van der Waals surface area contributed by atoms with Gasteiger partial charge in [0.1, 0.15) is 18.1 Å². The van der Waals surface area contributed by atoms with E-state index in [0.717, 1.165) is 31.1 Å². The van der Waals surface area contributed by atoms with Crippen LogP contribution < -0.4 is 15.2 Å². The van der Waals surface area contributed by atoms with Gasteiger partial charge in [0.2, 0.25) is 0 Å². The predicted octanol–water partition coefficient (Wildman–Crippen LogP) is 1.99. The van der Waals surface area contributed by atoms with Crippen LogP contribution in [0.5, 0.6) is 11.5 Å². The predicted molar refractivity (Wildman–Crippen MR) is 78.8 cm³/mol. The third-order valence-electron chi connectivity index (χ3n) is 2.80. The number of hydrogen-bond donors (Lipinski definition) is 1. The van der Waals surface area contributed by atoms with Crippen LogP contribution in [0.3, 0.4) is 0 Å². The van der Waals surface area contributed by atoms with E-state index in [1.54, 1.807) is 7.11 Å². The summed E-state index contributed by atoms with van der Waals surface area (Å²) in [6.07, 6.45) is 0. The highest BCUT2D eigenvalue weighted by atomic mass is 16.5. The second kappa shape index (κ2) is 8.77. The number of ether oxygens (including phenoxy) is 2. The van der Waals surface area contributed by atoms with E-state index in [1.165, 1.54) is 0 Å². The van der Waals surface area contributed by atoms with Crippen LogP contribution in [-0.2, 0) is 0 Å². The van der Waals surface area contributed by atoms with Gasteiger partial charge in [-0.15, -0.1) is 0 Å². The van der Waals surface area contributed by atoms with Crippen LogP contribution in [0.1, 0.15) is 13.8 Å². The molecule has 0 aliphatic rings. The maximum Gasteiger partial charge on any atom is 0.119 e. The van der Waals surface area contributed by atoms with Gasteiger partial charge in [0, 0.05) is 26.2 Å². The van der Waals surface area contributed by atoms with Crippen LogP contribution in [-0.4, -0.2) is 44.8 Å². The molecule has 108 valence electrons. The Morgan fingerprint density at radius 2 is 1.74 bits per heavy atom. The van der Waals surface area contributed by atoms with E-state index in [4.69, 9.17) is 15.2 Å². The first-order chi connectivity index (χ1) is 9.15. The molecule has 1 aromatic rings. The smallest absolute Gasteiger partial charge is 0.119 e. The van der Waals surface area contributed by atoms with Crippen LogP contribution >= 0.6 is 0 Å². The highest BCUT2D eigenvalue weighted by molar-refractivity contribution is 5.31. The number of nitrogens with zero attached hydrogens (tertiary/aromatic N) is 1. The lowest BCUT2D eigenvalue weighted by Crippen LogP contribution is -2.35. The molecule has 0 fully saturated rings. The normalized spacial score (nSPS) is 11.1. The fraction of sp³-hybridized carbons (Fsp3) is 0.600. The molecule has 0 aliphatic carbocycles. The molecule has 0 unspecified atom stereocenters. The van der Waals surface area contributed by atoms with Gasteiger partial charge in [-0.1, -0.05) is 13.8 Å². The molecule has 2 N–H and O–H groups in total. The maximum atomic E-state index is 5.73. The summed E-state index contributed by atoms with van der Waals surface area (Å²) in [6.45, 7) is 8.69. The fourth-order valence-corrected chi connectivity index (χ4v) is 1.96. The van der Waals surface area contributed by atoms with Crippen molar-refractivity contribution in [1.29, 1.82) is 0 Å². The Kier molecular flexibility index (Phi) is 7.30. The van der Waals surface area contributed by atoms with Gasteiger partial charge < -0.3 is 15.2 Å². The van der Waals surface area contributed by atoms with Crippen molar-refractivity contribution in [3.05, 3.63) is 24.3 Å². The summed E-state index contributed by atoms with van der Waals surface area (Å²) in [5.41, 5.74) is 5.62. The topological polar surface area (TPSA) is 47.7 Å². The van der Waals surface area contributed by atoms with Crippen LogP contribution in [0.4, 0.5) is 0 Å². The van der Waals surface area contributed by atoms with E-state index in [0.29, 0.717) is 19.1 Å². The standard InChI is InChI=1S/C15H26N2O2/c1-13(2)12-17(9-8-16)10-11-19-15-6-4-14(18-3)5-7-15/h4-7,13H,8-12,16H2,1-3H3. The minimum Gasteiger partial charge on any atom is -0.497 e. The van der Waals surface area contributed by atoms with Crippen LogP contribution in [0.25, 0.3) is 0 Å². The zero-order valence-electron chi connectivity index (χ0n) is 12.3. The van der Waals surface area contributed by atoms with Gasteiger partial charge in [-0.25, -0.2) is 0 Å². The summed E-state index contributed by atoms with van der Waals surface area (Å²) in [4.78, 5) is 2.34. The van der Waals surface area contributed by atoms with Crippen molar-refractivity contribution in [2.24, 2.45) is 11.7 Å². The molecule has 1 rings (SSSR count). The molecule has 4 heteroatoms. The van der Waals surface area contributed by atoms with E-state index in [2.05, 4.69) is 18.7 Å². The molecule has 0 amide bonds. The van der Waals surface area contributed by atoms with Crippen molar-refractivity contribution in [3.8, 4) is 11.5 Å². The first-order valence-corrected chi connectivity index (χ1v) is 6.85. The largest absolute Gasteiger partial charge is 0.497 e. The summed E-state index contributed by atoms with van der Waals surface area (Å²) >= 11 is 0. The summed E-state index contributed by atoms with van der Waals surface area (Å²) in [6, 6.07) is 7.66. The molecular weight excluding hydrogens is 240 g/mol. The molecule has 1 aromatic carbocycles. The lowest BCUT2D eigenvalue weighted by Gasteiger charge is -2.23. The van der Waals surface area contributed by atoms with Gasteiger partial charge >= 0.3 is 0 Å². The first-order valence-electron chi connectivity index (χ1n) is 6.85. The molecule has 19 heavy (non-hydrogen) atoms. The highest BCUT2D eigenvalue weighted by Crippen LogP contribution is 2.16. The lowest BCUT2D eigenvalue weighted by atomic mass is 10.2. The molecule has 0 aliphatic heterocycles. The van der Waals surface area contributed by atoms with Gasteiger partial charge in [0.15, 0.2) is 0 Å². The third kappa shape index (κ3) is 6.45. The maximum absolute atomic E-state index is 5.73. The Morgan fingerprint density at radius 1 is 1.11 bits per heavy atom. The fourth-order valence-electron chi connectivity index (χ4n) is 1.96. The number of methoxy groups -OCH3 is 1.